The van der Waals surface area contributed by atoms with Crippen LogP contribution in [0.25, 0.3) is 16.6 Å². The number of nitrogens with one attached hydrogen (secondary N) is 1. The minimum atomic E-state index is -0.531. The molecular formula is C22H19N5O3. The van der Waals surface area contributed by atoms with E-state index in [1.165, 1.54) is 7.11 Å². The van der Waals surface area contributed by atoms with Crippen molar-refractivity contribution < 1.29 is 14.3 Å². The lowest BCUT2D eigenvalue weighted by Crippen LogP contribution is -2.18. The zero-order valence-corrected chi connectivity index (χ0v) is 16.7. The van der Waals surface area contributed by atoms with Crippen LogP contribution in [0.3, 0.4) is 0 Å². The van der Waals surface area contributed by atoms with Gasteiger partial charge in [0.15, 0.2) is 5.69 Å². The number of aryl methyl sites for hydroxylation is 1. The van der Waals surface area contributed by atoms with Crippen LogP contribution in [0.2, 0.25) is 0 Å². The molecule has 0 atom stereocenters. The number of anilines is 1. The molecule has 8 nitrogen and oxygen atoms in total. The Labute approximate surface area is 172 Å². The van der Waals surface area contributed by atoms with Crippen molar-refractivity contribution in [2.45, 2.75) is 13.8 Å². The Balaban J connectivity index is 1.72. The number of amides is 1. The number of esters is 1. The van der Waals surface area contributed by atoms with Gasteiger partial charge in [-0.05, 0) is 37.6 Å². The molecule has 0 saturated heterocycles. The van der Waals surface area contributed by atoms with Gasteiger partial charge in [-0.2, -0.15) is 0 Å². The maximum Gasteiger partial charge on any atom is 0.339 e. The lowest BCUT2D eigenvalue weighted by Gasteiger charge is -2.12. The fourth-order valence-corrected chi connectivity index (χ4v) is 3.31. The normalized spacial score (nSPS) is 10.8. The number of hydrogen-bond acceptors (Lipinski definition) is 6. The summed E-state index contributed by atoms with van der Waals surface area (Å²) in [5.74, 6) is -0.998. The van der Waals surface area contributed by atoms with Gasteiger partial charge in [-0.25, -0.2) is 9.48 Å². The second-order valence-corrected chi connectivity index (χ2v) is 6.73. The second kappa shape index (κ2) is 7.75. The van der Waals surface area contributed by atoms with E-state index >= 15 is 0 Å². The number of methoxy groups -OCH3 is 1. The van der Waals surface area contributed by atoms with E-state index in [0.29, 0.717) is 11.4 Å². The number of para-hydroxylation sites is 2. The molecule has 2 aromatic heterocycles. The van der Waals surface area contributed by atoms with Crippen molar-refractivity contribution in [1.29, 1.82) is 0 Å². The van der Waals surface area contributed by atoms with E-state index < -0.39 is 11.9 Å². The van der Waals surface area contributed by atoms with Gasteiger partial charge in [0.2, 0.25) is 0 Å². The largest absolute Gasteiger partial charge is 0.465 e. The molecule has 0 fully saturated rings. The van der Waals surface area contributed by atoms with E-state index in [-0.39, 0.29) is 11.3 Å². The van der Waals surface area contributed by atoms with Crippen LogP contribution in [0.4, 0.5) is 5.69 Å². The molecule has 0 saturated carbocycles. The molecule has 1 amide bonds. The van der Waals surface area contributed by atoms with Crippen LogP contribution >= 0.6 is 0 Å². The van der Waals surface area contributed by atoms with E-state index in [1.54, 1.807) is 42.9 Å². The average molecular weight is 401 g/mol. The number of ether oxygens (including phenoxy) is 1. The lowest BCUT2D eigenvalue weighted by atomic mass is 10.1. The van der Waals surface area contributed by atoms with Crippen molar-refractivity contribution >= 4 is 28.5 Å². The fourth-order valence-electron chi connectivity index (χ4n) is 3.31. The molecule has 0 spiro atoms. The standard InChI is InChI=1S/C22H19N5O3/c1-13-7-4-10-16(22(29)30-3)18(13)24-21(28)19-14(2)27(26-25-19)17-11-5-8-15-9-6-12-23-20(15)17/h4-12H,1-3H3,(H,24,28). The molecule has 0 aliphatic heterocycles. The monoisotopic (exact) mass is 401 g/mol. The van der Waals surface area contributed by atoms with Crippen molar-refractivity contribution in [1.82, 2.24) is 20.0 Å². The van der Waals surface area contributed by atoms with Gasteiger partial charge in [0, 0.05) is 11.6 Å². The summed E-state index contributed by atoms with van der Waals surface area (Å²) in [6.45, 7) is 3.56. The first kappa shape index (κ1) is 19.3. The summed E-state index contributed by atoms with van der Waals surface area (Å²) >= 11 is 0. The number of rotatable bonds is 4. The molecule has 150 valence electrons. The number of pyridine rings is 1. The molecule has 0 aliphatic rings. The number of nitrogens with zero attached hydrogens (tertiary/aromatic N) is 4. The van der Waals surface area contributed by atoms with Crippen molar-refractivity contribution in [3.8, 4) is 5.69 Å². The molecule has 4 rings (SSSR count). The highest BCUT2D eigenvalue weighted by Gasteiger charge is 2.22. The Morgan fingerprint density at radius 3 is 2.60 bits per heavy atom. The topological polar surface area (TPSA) is 99.0 Å². The number of aromatic nitrogens is 4. The third kappa shape index (κ3) is 3.28. The van der Waals surface area contributed by atoms with E-state index in [9.17, 15) is 9.59 Å². The predicted molar refractivity (Wildman–Crippen MR) is 112 cm³/mol. The highest BCUT2D eigenvalue weighted by molar-refractivity contribution is 6.08. The summed E-state index contributed by atoms with van der Waals surface area (Å²) in [6.07, 6.45) is 1.71. The van der Waals surface area contributed by atoms with Crippen LogP contribution < -0.4 is 5.32 Å². The number of benzene rings is 2. The molecule has 1 N–H and O–H groups in total. The van der Waals surface area contributed by atoms with Gasteiger partial charge in [-0.15, -0.1) is 5.10 Å². The van der Waals surface area contributed by atoms with E-state index in [4.69, 9.17) is 4.74 Å². The van der Waals surface area contributed by atoms with Crippen molar-refractivity contribution in [3.63, 3.8) is 0 Å². The van der Waals surface area contributed by atoms with Crippen molar-refractivity contribution in [2.24, 2.45) is 0 Å². The van der Waals surface area contributed by atoms with Gasteiger partial charge in [-0.3, -0.25) is 9.78 Å². The van der Waals surface area contributed by atoms with Crippen LogP contribution in [-0.2, 0) is 4.74 Å². The lowest BCUT2D eigenvalue weighted by molar-refractivity contribution is 0.0602. The van der Waals surface area contributed by atoms with Crippen LogP contribution in [0.5, 0.6) is 0 Å². The number of carbonyl (C=O) groups is 2. The zero-order chi connectivity index (χ0) is 21.3. The first-order chi connectivity index (χ1) is 14.5. The molecule has 2 aromatic carbocycles. The minimum Gasteiger partial charge on any atom is -0.465 e. The Morgan fingerprint density at radius 2 is 1.80 bits per heavy atom. The summed E-state index contributed by atoms with van der Waals surface area (Å²) in [5, 5.41) is 12.0. The third-order valence-corrected chi connectivity index (χ3v) is 4.87. The predicted octanol–water partition coefficient (Wildman–Crippen LogP) is 3.47. The quantitative estimate of drug-likeness (QED) is 0.526. The van der Waals surface area contributed by atoms with Crippen LogP contribution in [0, 0.1) is 13.8 Å². The van der Waals surface area contributed by atoms with Gasteiger partial charge in [-0.1, -0.05) is 35.5 Å². The highest BCUT2D eigenvalue weighted by atomic mass is 16.5. The molecule has 2 heterocycles. The molecule has 0 bridgehead atoms. The Morgan fingerprint density at radius 1 is 1.03 bits per heavy atom. The van der Waals surface area contributed by atoms with Gasteiger partial charge in [0.05, 0.1) is 35.3 Å². The fraction of sp³-hybridized carbons (Fsp3) is 0.136. The summed E-state index contributed by atoms with van der Waals surface area (Å²) in [4.78, 5) is 29.5. The molecule has 30 heavy (non-hydrogen) atoms. The Hall–Kier alpha value is -4.07. The summed E-state index contributed by atoms with van der Waals surface area (Å²) in [6, 6.07) is 14.7. The Kier molecular flexibility index (Phi) is 4.97. The number of fused-ring (bicyclic) bond motifs is 1. The smallest absolute Gasteiger partial charge is 0.339 e. The summed E-state index contributed by atoms with van der Waals surface area (Å²) in [5.41, 5.74) is 3.58. The van der Waals surface area contributed by atoms with E-state index in [1.807, 2.05) is 30.3 Å². The van der Waals surface area contributed by atoms with Crippen LogP contribution in [-0.4, -0.2) is 39.0 Å². The summed E-state index contributed by atoms with van der Waals surface area (Å²) in [7, 11) is 1.30. The first-order valence-electron chi connectivity index (χ1n) is 9.27. The van der Waals surface area contributed by atoms with Gasteiger partial charge in [0.25, 0.3) is 5.91 Å². The number of hydrogen-bond donors (Lipinski definition) is 1. The SMILES string of the molecule is COC(=O)c1cccc(C)c1NC(=O)c1nnn(-c2cccc3cccnc23)c1C. The molecular weight excluding hydrogens is 382 g/mol. The molecule has 4 aromatic rings. The highest BCUT2D eigenvalue weighted by Crippen LogP contribution is 2.24. The van der Waals surface area contributed by atoms with E-state index in [0.717, 1.165) is 22.2 Å². The zero-order valence-electron chi connectivity index (χ0n) is 16.7. The van der Waals surface area contributed by atoms with E-state index in [2.05, 4.69) is 20.6 Å². The van der Waals surface area contributed by atoms with Gasteiger partial charge < -0.3 is 10.1 Å². The third-order valence-electron chi connectivity index (χ3n) is 4.87. The molecule has 8 heteroatoms. The maximum absolute atomic E-state index is 13.0. The van der Waals surface area contributed by atoms with Gasteiger partial charge in [0.1, 0.15) is 0 Å². The van der Waals surface area contributed by atoms with Crippen LogP contribution in [0.15, 0.2) is 54.7 Å². The second-order valence-electron chi connectivity index (χ2n) is 6.73. The average Bonchev–Trinajstić information content (AvgIpc) is 3.15. The first-order valence-corrected chi connectivity index (χ1v) is 9.27. The van der Waals surface area contributed by atoms with Gasteiger partial charge >= 0.3 is 5.97 Å². The summed E-state index contributed by atoms with van der Waals surface area (Å²) < 4.78 is 6.40. The minimum absolute atomic E-state index is 0.155. The van der Waals surface area contributed by atoms with Crippen molar-refractivity contribution in [2.75, 3.05) is 12.4 Å². The Bertz CT molecular complexity index is 1270. The number of carbonyl (C=O) groups excluding carboxylic acids is 2. The molecule has 0 unspecified atom stereocenters. The van der Waals surface area contributed by atoms with Crippen molar-refractivity contribution in [3.05, 3.63) is 77.2 Å². The van der Waals surface area contributed by atoms with Crippen LogP contribution in [0.1, 0.15) is 32.1 Å². The molecule has 0 aliphatic carbocycles. The maximum atomic E-state index is 13.0. The molecule has 0 radical (unpaired) electrons.